The highest BCUT2D eigenvalue weighted by Crippen LogP contribution is 2.38. The van der Waals surface area contributed by atoms with Crippen LogP contribution in [0.5, 0.6) is 17.2 Å². The van der Waals surface area contributed by atoms with Crippen molar-refractivity contribution >= 4 is 46.4 Å². The number of nitrogens with one attached hydrogen (secondary N) is 2. The average Bonchev–Trinajstić information content (AvgIpc) is 3.12. The lowest BCUT2D eigenvalue weighted by atomic mass is 10.1. The number of methoxy groups -OCH3 is 2. The number of hydrogen-bond acceptors (Lipinski definition) is 7. The Morgan fingerprint density at radius 1 is 0.897 bits per heavy atom. The predicted octanol–water partition coefficient (Wildman–Crippen LogP) is 5.49. The van der Waals surface area contributed by atoms with E-state index in [0.29, 0.717) is 28.4 Å². The molecule has 0 spiro atoms. The largest absolute Gasteiger partial charge is 0.497 e. The molecular weight excluding hydrogens is 522 g/mol. The highest BCUT2D eigenvalue weighted by atomic mass is 35.5. The summed E-state index contributed by atoms with van der Waals surface area (Å²) in [6, 6.07) is 16.8. The second-order valence-electron chi connectivity index (χ2n) is 8.94. The molecule has 0 unspecified atom stereocenters. The van der Waals surface area contributed by atoms with E-state index in [2.05, 4.69) is 10.6 Å². The second-order valence-corrected chi connectivity index (χ2v) is 9.32. The highest BCUT2D eigenvalue weighted by Gasteiger charge is 2.40. The zero-order valence-corrected chi connectivity index (χ0v) is 22.9. The van der Waals surface area contributed by atoms with Gasteiger partial charge in [-0.3, -0.25) is 14.4 Å². The van der Waals surface area contributed by atoms with Crippen molar-refractivity contribution in [3.63, 3.8) is 0 Å². The standard InChI is InChI=1S/C29H28ClN3O6/c1-16(2)39-23-9-7-6-8-20(23)32-27(34)18-11-10-17(3)21(14-18)31-26-25(30)28(35)33(29(26)36)22-13-12-19(37-4)15-24(22)38-5/h6-16,31H,1-5H3,(H,32,34). The number of amides is 3. The van der Waals surface area contributed by atoms with Gasteiger partial charge in [0.15, 0.2) is 0 Å². The van der Waals surface area contributed by atoms with E-state index >= 15 is 0 Å². The molecule has 3 aromatic carbocycles. The molecule has 3 aromatic rings. The minimum Gasteiger partial charge on any atom is -0.497 e. The van der Waals surface area contributed by atoms with Crippen LogP contribution < -0.4 is 29.7 Å². The number of rotatable bonds is 9. The summed E-state index contributed by atoms with van der Waals surface area (Å²) in [6.07, 6.45) is -0.0691. The fraction of sp³-hybridized carbons (Fsp3) is 0.207. The SMILES string of the molecule is COc1ccc(N2C(=O)C(Cl)=C(Nc3cc(C(=O)Nc4ccccc4OC(C)C)ccc3C)C2=O)c(OC)c1. The van der Waals surface area contributed by atoms with E-state index in [4.69, 9.17) is 25.8 Å². The third-order valence-electron chi connectivity index (χ3n) is 5.91. The number of halogens is 1. The van der Waals surface area contributed by atoms with Crippen molar-refractivity contribution in [2.75, 3.05) is 29.8 Å². The summed E-state index contributed by atoms with van der Waals surface area (Å²) in [5.74, 6) is -0.443. The second kappa shape index (κ2) is 11.5. The van der Waals surface area contributed by atoms with E-state index in [1.807, 2.05) is 19.9 Å². The Balaban J connectivity index is 1.59. The summed E-state index contributed by atoms with van der Waals surface area (Å²) in [5.41, 5.74) is 2.12. The normalized spacial score (nSPS) is 13.2. The number of para-hydroxylation sites is 2. The van der Waals surface area contributed by atoms with Crippen LogP contribution >= 0.6 is 11.6 Å². The van der Waals surface area contributed by atoms with Gasteiger partial charge in [0.05, 0.1) is 31.7 Å². The van der Waals surface area contributed by atoms with Crippen molar-refractivity contribution in [3.05, 3.63) is 82.5 Å². The summed E-state index contributed by atoms with van der Waals surface area (Å²) in [7, 11) is 2.92. The molecule has 39 heavy (non-hydrogen) atoms. The molecule has 0 saturated carbocycles. The van der Waals surface area contributed by atoms with Gasteiger partial charge in [-0.05, 0) is 62.7 Å². The van der Waals surface area contributed by atoms with Crippen LogP contribution in [0.2, 0.25) is 0 Å². The molecule has 0 radical (unpaired) electrons. The fourth-order valence-electron chi connectivity index (χ4n) is 3.95. The lowest BCUT2D eigenvalue weighted by Crippen LogP contribution is -2.32. The Kier molecular flexibility index (Phi) is 8.11. The topological polar surface area (TPSA) is 106 Å². The number of imide groups is 1. The van der Waals surface area contributed by atoms with Gasteiger partial charge in [-0.1, -0.05) is 29.8 Å². The third-order valence-corrected chi connectivity index (χ3v) is 6.26. The van der Waals surface area contributed by atoms with Crippen LogP contribution in [0.25, 0.3) is 0 Å². The number of hydrogen-bond donors (Lipinski definition) is 2. The van der Waals surface area contributed by atoms with Crippen LogP contribution in [0.1, 0.15) is 29.8 Å². The Morgan fingerprint density at radius 3 is 2.33 bits per heavy atom. The van der Waals surface area contributed by atoms with E-state index in [1.54, 1.807) is 55.5 Å². The van der Waals surface area contributed by atoms with Crippen LogP contribution in [0.4, 0.5) is 17.1 Å². The molecule has 1 heterocycles. The molecule has 10 heteroatoms. The smallest absolute Gasteiger partial charge is 0.283 e. The number of benzene rings is 3. The van der Waals surface area contributed by atoms with Crippen molar-refractivity contribution in [2.24, 2.45) is 0 Å². The van der Waals surface area contributed by atoms with Crippen LogP contribution in [0.3, 0.4) is 0 Å². The summed E-state index contributed by atoms with van der Waals surface area (Å²) in [5, 5.41) is 5.54. The lowest BCUT2D eigenvalue weighted by Gasteiger charge is -2.19. The maximum Gasteiger partial charge on any atom is 0.283 e. The first kappa shape index (κ1) is 27.5. The first-order chi connectivity index (χ1) is 18.6. The molecule has 0 aromatic heterocycles. The van der Waals surface area contributed by atoms with Crippen LogP contribution in [-0.4, -0.2) is 38.0 Å². The Bertz CT molecular complexity index is 1480. The van der Waals surface area contributed by atoms with Gasteiger partial charge < -0.3 is 24.8 Å². The average molecular weight is 550 g/mol. The molecule has 1 aliphatic rings. The van der Waals surface area contributed by atoms with E-state index in [-0.39, 0.29) is 34.2 Å². The summed E-state index contributed by atoms with van der Waals surface area (Å²) >= 11 is 6.34. The third kappa shape index (κ3) is 5.68. The molecule has 3 amide bonds. The quantitative estimate of drug-likeness (QED) is 0.340. The number of anilines is 3. The minimum absolute atomic E-state index is 0.0691. The predicted molar refractivity (Wildman–Crippen MR) is 150 cm³/mol. The summed E-state index contributed by atoms with van der Waals surface area (Å²) < 4.78 is 16.3. The molecule has 0 saturated heterocycles. The van der Waals surface area contributed by atoms with E-state index in [1.165, 1.54) is 20.3 Å². The van der Waals surface area contributed by atoms with Crippen LogP contribution in [0.15, 0.2) is 71.4 Å². The molecule has 2 N–H and O–H groups in total. The Labute approximate surface area is 231 Å². The maximum atomic E-state index is 13.4. The number of nitrogens with zero attached hydrogens (tertiary/aromatic N) is 1. The molecule has 0 bridgehead atoms. The molecule has 202 valence electrons. The van der Waals surface area contributed by atoms with Gasteiger partial charge in [0.25, 0.3) is 17.7 Å². The first-order valence-electron chi connectivity index (χ1n) is 12.1. The van der Waals surface area contributed by atoms with Gasteiger partial charge in [-0.25, -0.2) is 4.90 Å². The number of aryl methyl sites for hydroxylation is 1. The Morgan fingerprint density at radius 2 is 1.64 bits per heavy atom. The van der Waals surface area contributed by atoms with Crippen LogP contribution in [-0.2, 0) is 9.59 Å². The first-order valence-corrected chi connectivity index (χ1v) is 12.5. The summed E-state index contributed by atoms with van der Waals surface area (Å²) in [4.78, 5) is 40.4. The van der Waals surface area contributed by atoms with Gasteiger partial charge in [0, 0.05) is 17.3 Å². The molecule has 1 aliphatic heterocycles. The lowest BCUT2D eigenvalue weighted by molar-refractivity contribution is -0.120. The van der Waals surface area contributed by atoms with Gasteiger partial charge in [0.2, 0.25) is 0 Å². The zero-order valence-electron chi connectivity index (χ0n) is 22.1. The van der Waals surface area contributed by atoms with Gasteiger partial charge in [-0.15, -0.1) is 0 Å². The van der Waals surface area contributed by atoms with Crippen LogP contribution in [0, 0.1) is 6.92 Å². The molecule has 9 nitrogen and oxygen atoms in total. The molecule has 0 atom stereocenters. The number of carbonyl (C=O) groups excluding carboxylic acids is 3. The molecular formula is C29H28ClN3O6. The Hall–Kier alpha value is -4.50. The number of ether oxygens (including phenoxy) is 3. The van der Waals surface area contributed by atoms with Crippen molar-refractivity contribution in [1.82, 2.24) is 0 Å². The molecule has 0 fully saturated rings. The van der Waals surface area contributed by atoms with E-state index in [9.17, 15) is 14.4 Å². The monoisotopic (exact) mass is 549 g/mol. The van der Waals surface area contributed by atoms with Gasteiger partial charge in [0.1, 0.15) is 28.0 Å². The highest BCUT2D eigenvalue weighted by molar-refractivity contribution is 6.53. The zero-order chi connectivity index (χ0) is 28.3. The molecule has 4 rings (SSSR count). The molecule has 0 aliphatic carbocycles. The number of carbonyl (C=O) groups is 3. The van der Waals surface area contributed by atoms with Gasteiger partial charge in [-0.2, -0.15) is 0 Å². The van der Waals surface area contributed by atoms with Crippen molar-refractivity contribution in [1.29, 1.82) is 0 Å². The van der Waals surface area contributed by atoms with Crippen molar-refractivity contribution in [3.8, 4) is 17.2 Å². The van der Waals surface area contributed by atoms with Crippen molar-refractivity contribution < 1.29 is 28.6 Å². The van der Waals surface area contributed by atoms with E-state index in [0.717, 1.165) is 10.5 Å². The summed E-state index contributed by atoms with van der Waals surface area (Å²) in [6.45, 7) is 5.60. The minimum atomic E-state index is -0.707. The van der Waals surface area contributed by atoms with Gasteiger partial charge >= 0.3 is 0 Å². The van der Waals surface area contributed by atoms with Crippen molar-refractivity contribution in [2.45, 2.75) is 26.9 Å². The maximum absolute atomic E-state index is 13.4. The fourth-order valence-corrected chi connectivity index (χ4v) is 4.17. The van der Waals surface area contributed by atoms with E-state index < -0.39 is 11.8 Å².